The predicted octanol–water partition coefficient (Wildman–Crippen LogP) is 4.49. The molecule has 26 heavy (non-hydrogen) atoms. The number of aryl methyl sites for hydroxylation is 1. The molecule has 0 spiro atoms. The van der Waals surface area contributed by atoms with E-state index in [-0.39, 0.29) is 11.8 Å². The average molecular weight is 369 g/mol. The van der Waals surface area contributed by atoms with Crippen LogP contribution in [0.25, 0.3) is 0 Å². The highest BCUT2D eigenvalue weighted by Crippen LogP contribution is 2.17. The number of hydrogen-bond donors (Lipinski definition) is 2. The summed E-state index contributed by atoms with van der Waals surface area (Å²) in [4.78, 5) is 12.4. The molecular weight excluding hydrogens is 340 g/mol. The van der Waals surface area contributed by atoms with Gasteiger partial charge in [-0.1, -0.05) is 67.9 Å². The molecule has 1 unspecified atom stereocenters. The fourth-order valence-electron chi connectivity index (χ4n) is 2.72. The maximum Gasteiger partial charge on any atom is 0.233 e. The van der Waals surface area contributed by atoms with Crippen molar-refractivity contribution in [2.75, 3.05) is 0 Å². The summed E-state index contributed by atoms with van der Waals surface area (Å²) in [5, 5.41) is 6.23. The Morgan fingerprint density at radius 1 is 0.962 bits per heavy atom. The molecule has 0 aliphatic carbocycles. The van der Waals surface area contributed by atoms with Gasteiger partial charge in [0.2, 0.25) is 5.91 Å². The molecule has 4 heteroatoms. The monoisotopic (exact) mass is 368 g/mol. The van der Waals surface area contributed by atoms with Crippen molar-refractivity contribution in [2.45, 2.75) is 46.6 Å². The van der Waals surface area contributed by atoms with Crippen molar-refractivity contribution < 1.29 is 4.79 Å². The van der Waals surface area contributed by atoms with Crippen molar-refractivity contribution in [3.63, 3.8) is 0 Å². The van der Waals surface area contributed by atoms with E-state index in [2.05, 4.69) is 55.7 Å². The molecule has 1 amide bonds. The zero-order valence-electron chi connectivity index (χ0n) is 16.0. The molecule has 0 radical (unpaired) electrons. The van der Waals surface area contributed by atoms with Gasteiger partial charge >= 0.3 is 0 Å². The van der Waals surface area contributed by atoms with E-state index in [0.717, 1.165) is 17.5 Å². The molecule has 0 saturated carbocycles. The molecule has 0 fully saturated rings. The third-order valence-corrected chi connectivity index (χ3v) is 4.57. The molecule has 2 aromatic rings. The van der Waals surface area contributed by atoms with Crippen LogP contribution in [0.15, 0.2) is 48.5 Å². The van der Waals surface area contributed by atoms with Gasteiger partial charge in [-0.2, -0.15) is 0 Å². The Balaban J connectivity index is 1.85. The molecule has 3 nitrogen and oxygen atoms in total. The number of rotatable bonds is 6. The van der Waals surface area contributed by atoms with E-state index in [4.69, 9.17) is 12.2 Å². The number of thiocarbonyl (C=S) groups is 1. The molecule has 0 saturated heterocycles. The van der Waals surface area contributed by atoms with E-state index in [0.29, 0.717) is 17.6 Å². The maximum atomic E-state index is 12.4. The van der Waals surface area contributed by atoms with Crippen LogP contribution in [0.5, 0.6) is 0 Å². The first-order chi connectivity index (χ1) is 12.3. The third kappa shape index (κ3) is 6.26. The second-order valence-electron chi connectivity index (χ2n) is 7.22. The minimum Gasteiger partial charge on any atom is -0.358 e. The van der Waals surface area contributed by atoms with Gasteiger partial charge in [0.05, 0.1) is 5.92 Å². The number of benzene rings is 2. The summed E-state index contributed by atoms with van der Waals surface area (Å²) in [6.07, 6.45) is 1.05. The van der Waals surface area contributed by atoms with Crippen LogP contribution >= 0.6 is 12.2 Å². The van der Waals surface area contributed by atoms with Crippen LogP contribution in [-0.4, -0.2) is 11.0 Å². The topological polar surface area (TPSA) is 41.1 Å². The quantitative estimate of drug-likeness (QED) is 0.738. The Bertz CT molecular complexity index is 736. The molecule has 0 heterocycles. The second-order valence-corrected chi connectivity index (χ2v) is 7.63. The van der Waals surface area contributed by atoms with Crippen LogP contribution in [-0.2, 0) is 17.8 Å². The zero-order valence-corrected chi connectivity index (χ0v) is 16.8. The van der Waals surface area contributed by atoms with Gasteiger partial charge in [-0.15, -0.1) is 0 Å². The van der Waals surface area contributed by atoms with E-state index in [9.17, 15) is 4.79 Å². The van der Waals surface area contributed by atoms with E-state index >= 15 is 0 Å². The van der Waals surface area contributed by atoms with Crippen LogP contribution in [0.1, 0.15) is 48.9 Å². The molecule has 2 aromatic carbocycles. The molecule has 1 atom stereocenters. The number of nitrogens with one attached hydrogen (secondary N) is 2. The van der Waals surface area contributed by atoms with E-state index in [1.54, 1.807) is 0 Å². The maximum absolute atomic E-state index is 12.4. The SMILES string of the molecule is Cc1ccc(CNC(=S)NC(=O)C(C)c2ccc(CC(C)C)cc2)cc1. The van der Waals surface area contributed by atoms with E-state index < -0.39 is 0 Å². The fourth-order valence-corrected chi connectivity index (χ4v) is 2.89. The Hall–Kier alpha value is -2.20. The van der Waals surface area contributed by atoms with Crippen LogP contribution in [0.3, 0.4) is 0 Å². The predicted molar refractivity (Wildman–Crippen MR) is 112 cm³/mol. The van der Waals surface area contributed by atoms with Gasteiger partial charge in [-0.25, -0.2) is 0 Å². The summed E-state index contributed by atoms with van der Waals surface area (Å²) in [7, 11) is 0. The lowest BCUT2D eigenvalue weighted by molar-refractivity contribution is -0.120. The Kier molecular flexibility index (Phi) is 7.34. The van der Waals surface area contributed by atoms with Gasteiger partial charge in [-0.3, -0.25) is 4.79 Å². The summed E-state index contributed by atoms with van der Waals surface area (Å²) in [5.41, 5.74) is 4.64. The number of amides is 1. The molecule has 2 rings (SSSR count). The Morgan fingerprint density at radius 3 is 2.12 bits per heavy atom. The Labute approximate surface area is 162 Å². The molecular formula is C22H28N2OS. The van der Waals surface area contributed by atoms with Crippen LogP contribution in [0.4, 0.5) is 0 Å². The van der Waals surface area contributed by atoms with Crippen LogP contribution in [0.2, 0.25) is 0 Å². The van der Waals surface area contributed by atoms with Gasteiger partial charge < -0.3 is 10.6 Å². The molecule has 0 aliphatic rings. The fraction of sp³-hybridized carbons (Fsp3) is 0.364. The minimum absolute atomic E-state index is 0.0944. The first kappa shape index (κ1) is 20.1. The smallest absolute Gasteiger partial charge is 0.233 e. The first-order valence-corrected chi connectivity index (χ1v) is 9.49. The highest BCUT2D eigenvalue weighted by atomic mass is 32.1. The number of hydrogen-bond acceptors (Lipinski definition) is 2. The summed E-state index contributed by atoms with van der Waals surface area (Å²) in [6.45, 7) is 8.95. The second kappa shape index (κ2) is 9.48. The lowest BCUT2D eigenvalue weighted by Gasteiger charge is -2.15. The largest absolute Gasteiger partial charge is 0.358 e. The first-order valence-electron chi connectivity index (χ1n) is 9.08. The highest BCUT2D eigenvalue weighted by molar-refractivity contribution is 7.80. The number of carbonyl (C=O) groups is 1. The van der Waals surface area contributed by atoms with Crippen molar-refractivity contribution in [1.29, 1.82) is 0 Å². The van der Waals surface area contributed by atoms with Gasteiger partial charge in [-0.05, 0) is 55.1 Å². The third-order valence-electron chi connectivity index (χ3n) is 4.33. The summed E-state index contributed by atoms with van der Waals surface area (Å²) in [5.74, 6) is 0.281. The average Bonchev–Trinajstić information content (AvgIpc) is 2.60. The molecule has 2 N–H and O–H groups in total. The Morgan fingerprint density at radius 2 is 1.54 bits per heavy atom. The molecule has 138 valence electrons. The lowest BCUT2D eigenvalue weighted by atomic mass is 9.96. The zero-order chi connectivity index (χ0) is 19.1. The summed E-state index contributed by atoms with van der Waals surface area (Å²) >= 11 is 5.25. The summed E-state index contributed by atoms with van der Waals surface area (Å²) in [6, 6.07) is 16.5. The van der Waals surface area contributed by atoms with Gasteiger partial charge in [0.15, 0.2) is 5.11 Å². The van der Waals surface area contributed by atoms with Crippen molar-refractivity contribution in [3.05, 3.63) is 70.8 Å². The van der Waals surface area contributed by atoms with E-state index in [1.807, 2.05) is 31.2 Å². The minimum atomic E-state index is -0.248. The van der Waals surface area contributed by atoms with Gasteiger partial charge in [0.25, 0.3) is 0 Å². The molecule has 0 aromatic heterocycles. The van der Waals surface area contributed by atoms with Crippen molar-refractivity contribution >= 4 is 23.2 Å². The van der Waals surface area contributed by atoms with Crippen molar-refractivity contribution in [2.24, 2.45) is 5.92 Å². The highest BCUT2D eigenvalue weighted by Gasteiger charge is 2.16. The van der Waals surface area contributed by atoms with Gasteiger partial charge in [0.1, 0.15) is 0 Å². The van der Waals surface area contributed by atoms with Crippen LogP contribution in [0, 0.1) is 12.8 Å². The summed E-state index contributed by atoms with van der Waals surface area (Å²) < 4.78 is 0. The molecule has 0 bridgehead atoms. The van der Waals surface area contributed by atoms with Crippen molar-refractivity contribution in [3.8, 4) is 0 Å². The van der Waals surface area contributed by atoms with Crippen LogP contribution < -0.4 is 10.6 Å². The van der Waals surface area contributed by atoms with E-state index in [1.165, 1.54) is 11.1 Å². The number of carbonyl (C=O) groups excluding carboxylic acids is 1. The van der Waals surface area contributed by atoms with Gasteiger partial charge in [0, 0.05) is 6.54 Å². The molecule has 0 aliphatic heterocycles. The standard InChI is InChI=1S/C22H28N2OS/c1-15(2)13-18-9-11-20(12-10-18)17(4)21(25)24-22(26)23-14-19-7-5-16(3)6-8-19/h5-12,15,17H,13-14H2,1-4H3,(H2,23,24,25,26). The lowest BCUT2D eigenvalue weighted by Crippen LogP contribution is -2.40. The van der Waals surface area contributed by atoms with Crippen molar-refractivity contribution in [1.82, 2.24) is 10.6 Å². The normalized spacial score (nSPS) is 11.9.